The first-order chi connectivity index (χ1) is 11.1. The summed E-state index contributed by atoms with van der Waals surface area (Å²) in [6.07, 6.45) is 0. The van der Waals surface area contributed by atoms with Crippen LogP contribution in [0, 0.1) is 6.92 Å². The molecular weight excluding hydrogens is 286 g/mol. The highest BCUT2D eigenvalue weighted by Crippen LogP contribution is 2.35. The standard InChI is InChI=1S/C19H19N3O/c1-13-17(18(19(23)20-2)21-22(13)3)16-12-8-7-11-15(16)14-9-5-4-6-10-14/h4-12H,1-3H3,(H,20,23). The van der Waals surface area contributed by atoms with Crippen molar-refractivity contribution in [1.82, 2.24) is 15.1 Å². The predicted molar refractivity (Wildman–Crippen MR) is 92.2 cm³/mol. The maximum absolute atomic E-state index is 12.2. The Hall–Kier alpha value is -2.88. The molecule has 1 N–H and O–H groups in total. The van der Waals surface area contributed by atoms with Gasteiger partial charge in [0.1, 0.15) is 0 Å². The van der Waals surface area contributed by atoms with Gasteiger partial charge in [0.25, 0.3) is 5.91 Å². The lowest BCUT2D eigenvalue weighted by atomic mass is 9.93. The molecule has 3 rings (SSSR count). The number of hydrogen-bond donors (Lipinski definition) is 1. The zero-order valence-corrected chi connectivity index (χ0v) is 13.5. The lowest BCUT2D eigenvalue weighted by Gasteiger charge is -2.11. The average Bonchev–Trinajstić information content (AvgIpc) is 2.90. The van der Waals surface area contributed by atoms with Crippen LogP contribution in [0.1, 0.15) is 16.2 Å². The van der Waals surface area contributed by atoms with E-state index in [-0.39, 0.29) is 5.91 Å². The summed E-state index contributed by atoms with van der Waals surface area (Å²) in [4.78, 5) is 12.2. The third kappa shape index (κ3) is 2.63. The molecule has 0 spiro atoms. The molecule has 0 atom stereocenters. The van der Waals surface area contributed by atoms with Crippen molar-refractivity contribution in [3.8, 4) is 22.3 Å². The first kappa shape index (κ1) is 15.0. The van der Waals surface area contributed by atoms with E-state index in [1.807, 2.05) is 50.4 Å². The van der Waals surface area contributed by atoms with Gasteiger partial charge in [-0.2, -0.15) is 5.10 Å². The quantitative estimate of drug-likeness (QED) is 0.806. The molecule has 0 unspecified atom stereocenters. The van der Waals surface area contributed by atoms with Gasteiger partial charge in [-0.25, -0.2) is 0 Å². The molecule has 0 aliphatic rings. The molecule has 1 aromatic heterocycles. The van der Waals surface area contributed by atoms with Crippen LogP contribution >= 0.6 is 0 Å². The van der Waals surface area contributed by atoms with Gasteiger partial charge in [-0.05, 0) is 23.6 Å². The third-order valence-electron chi connectivity index (χ3n) is 4.06. The van der Waals surface area contributed by atoms with Crippen LogP contribution in [0.25, 0.3) is 22.3 Å². The molecular formula is C19H19N3O. The van der Waals surface area contributed by atoms with Crippen molar-refractivity contribution in [2.24, 2.45) is 7.05 Å². The Labute approximate surface area is 135 Å². The molecule has 1 heterocycles. The van der Waals surface area contributed by atoms with Gasteiger partial charge < -0.3 is 5.32 Å². The summed E-state index contributed by atoms with van der Waals surface area (Å²) in [6.45, 7) is 1.98. The number of nitrogens with zero attached hydrogens (tertiary/aromatic N) is 2. The van der Waals surface area contributed by atoms with Gasteiger partial charge in [-0.1, -0.05) is 54.6 Å². The smallest absolute Gasteiger partial charge is 0.272 e. The van der Waals surface area contributed by atoms with Crippen molar-refractivity contribution in [3.63, 3.8) is 0 Å². The van der Waals surface area contributed by atoms with Crippen molar-refractivity contribution < 1.29 is 4.79 Å². The zero-order chi connectivity index (χ0) is 16.4. The molecule has 0 saturated heterocycles. The van der Waals surface area contributed by atoms with Crippen LogP contribution in [0.3, 0.4) is 0 Å². The van der Waals surface area contributed by atoms with Gasteiger partial charge in [-0.15, -0.1) is 0 Å². The summed E-state index contributed by atoms with van der Waals surface area (Å²) in [5.41, 5.74) is 5.53. The SMILES string of the molecule is CNC(=O)c1nn(C)c(C)c1-c1ccccc1-c1ccccc1. The number of carbonyl (C=O) groups is 1. The van der Waals surface area contributed by atoms with E-state index >= 15 is 0 Å². The highest BCUT2D eigenvalue weighted by Gasteiger charge is 2.22. The van der Waals surface area contributed by atoms with Gasteiger partial charge in [0.2, 0.25) is 0 Å². The minimum Gasteiger partial charge on any atom is -0.354 e. The molecule has 23 heavy (non-hydrogen) atoms. The Morgan fingerprint density at radius 3 is 2.26 bits per heavy atom. The van der Waals surface area contributed by atoms with Gasteiger partial charge in [0.15, 0.2) is 5.69 Å². The highest BCUT2D eigenvalue weighted by atomic mass is 16.1. The van der Waals surface area contributed by atoms with Crippen LogP contribution in [-0.4, -0.2) is 22.7 Å². The number of benzene rings is 2. The van der Waals surface area contributed by atoms with Gasteiger partial charge >= 0.3 is 0 Å². The minimum atomic E-state index is -0.174. The van der Waals surface area contributed by atoms with E-state index in [0.29, 0.717) is 5.69 Å². The maximum atomic E-state index is 12.2. The Morgan fingerprint density at radius 1 is 1.00 bits per heavy atom. The second-order valence-electron chi connectivity index (χ2n) is 5.42. The topological polar surface area (TPSA) is 46.9 Å². The molecule has 0 aliphatic carbocycles. The second-order valence-corrected chi connectivity index (χ2v) is 5.42. The fourth-order valence-electron chi connectivity index (χ4n) is 2.78. The van der Waals surface area contributed by atoms with E-state index in [4.69, 9.17) is 0 Å². The minimum absolute atomic E-state index is 0.174. The highest BCUT2D eigenvalue weighted by molar-refractivity contribution is 6.01. The van der Waals surface area contributed by atoms with Crippen molar-refractivity contribution in [3.05, 3.63) is 66.0 Å². The Morgan fingerprint density at radius 2 is 1.61 bits per heavy atom. The van der Waals surface area contributed by atoms with Crippen LogP contribution in [0.5, 0.6) is 0 Å². The lowest BCUT2D eigenvalue weighted by molar-refractivity contribution is 0.0958. The van der Waals surface area contributed by atoms with E-state index in [1.54, 1.807) is 11.7 Å². The van der Waals surface area contributed by atoms with Crippen LogP contribution in [0.4, 0.5) is 0 Å². The second kappa shape index (κ2) is 6.08. The molecule has 3 aromatic rings. The molecule has 0 aliphatic heterocycles. The number of aromatic nitrogens is 2. The van der Waals surface area contributed by atoms with Crippen molar-refractivity contribution >= 4 is 5.91 Å². The third-order valence-corrected chi connectivity index (χ3v) is 4.06. The first-order valence-electron chi connectivity index (χ1n) is 7.54. The van der Waals surface area contributed by atoms with E-state index in [2.05, 4.69) is 28.6 Å². The zero-order valence-electron chi connectivity index (χ0n) is 13.5. The largest absolute Gasteiger partial charge is 0.354 e. The van der Waals surface area contributed by atoms with E-state index in [0.717, 1.165) is 27.9 Å². The summed E-state index contributed by atoms with van der Waals surface area (Å²) >= 11 is 0. The lowest BCUT2D eigenvalue weighted by Crippen LogP contribution is -2.19. The van der Waals surface area contributed by atoms with E-state index in [9.17, 15) is 4.79 Å². The summed E-state index contributed by atoms with van der Waals surface area (Å²) in [5, 5.41) is 7.07. The van der Waals surface area contributed by atoms with Gasteiger partial charge in [0.05, 0.1) is 0 Å². The van der Waals surface area contributed by atoms with Crippen LogP contribution < -0.4 is 5.32 Å². The molecule has 4 nitrogen and oxygen atoms in total. The molecule has 0 radical (unpaired) electrons. The number of nitrogens with one attached hydrogen (secondary N) is 1. The van der Waals surface area contributed by atoms with Gasteiger partial charge in [-0.3, -0.25) is 9.48 Å². The molecule has 116 valence electrons. The normalized spacial score (nSPS) is 10.6. The average molecular weight is 305 g/mol. The van der Waals surface area contributed by atoms with Crippen LogP contribution in [-0.2, 0) is 7.05 Å². The van der Waals surface area contributed by atoms with Gasteiger partial charge in [0, 0.05) is 25.4 Å². The fourth-order valence-corrected chi connectivity index (χ4v) is 2.78. The van der Waals surface area contributed by atoms with Crippen molar-refractivity contribution in [2.75, 3.05) is 7.05 Å². The van der Waals surface area contributed by atoms with E-state index in [1.165, 1.54) is 0 Å². The number of hydrogen-bond acceptors (Lipinski definition) is 2. The van der Waals surface area contributed by atoms with Crippen LogP contribution in [0.2, 0.25) is 0 Å². The van der Waals surface area contributed by atoms with Crippen molar-refractivity contribution in [2.45, 2.75) is 6.92 Å². The maximum Gasteiger partial charge on any atom is 0.272 e. The monoisotopic (exact) mass is 305 g/mol. The van der Waals surface area contributed by atoms with E-state index < -0.39 is 0 Å². The van der Waals surface area contributed by atoms with Crippen molar-refractivity contribution in [1.29, 1.82) is 0 Å². The molecule has 4 heteroatoms. The summed E-state index contributed by atoms with van der Waals surface area (Å²) in [7, 11) is 3.48. The number of amides is 1. The first-order valence-corrected chi connectivity index (χ1v) is 7.54. The Balaban J connectivity index is 2.27. The fraction of sp³-hybridized carbons (Fsp3) is 0.158. The molecule has 0 saturated carbocycles. The van der Waals surface area contributed by atoms with Crippen LogP contribution in [0.15, 0.2) is 54.6 Å². The number of aryl methyl sites for hydroxylation is 1. The predicted octanol–water partition coefficient (Wildman–Crippen LogP) is 3.42. The summed E-state index contributed by atoms with van der Waals surface area (Å²) in [5.74, 6) is -0.174. The molecule has 1 amide bonds. The number of carbonyl (C=O) groups excluding carboxylic acids is 1. The Bertz CT molecular complexity index is 850. The number of rotatable bonds is 3. The molecule has 0 bridgehead atoms. The Kier molecular flexibility index (Phi) is 3.98. The molecule has 2 aromatic carbocycles. The summed E-state index contributed by atoms with van der Waals surface area (Å²) < 4.78 is 1.75. The summed E-state index contributed by atoms with van der Waals surface area (Å²) in [6, 6.07) is 18.3. The molecule has 0 fully saturated rings.